The van der Waals surface area contributed by atoms with Gasteiger partial charge in [-0.15, -0.1) is 0 Å². The molecule has 2 heterocycles. The monoisotopic (exact) mass is 154 g/mol. The Morgan fingerprint density at radius 1 is 1.55 bits per heavy atom. The second-order valence-electron chi connectivity index (χ2n) is 3.47. The molecule has 0 aromatic carbocycles. The highest BCUT2D eigenvalue weighted by atomic mass is 16.2. The van der Waals surface area contributed by atoms with E-state index >= 15 is 0 Å². The second-order valence-corrected chi connectivity index (χ2v) is 3.47. The molecule has 1 N–H and O–H groups in total. The zero-order chi connectivity index (χ0) is 7.84. The smallest absolute Gasteiger partial charge is 0.237 e. The maximum Gasteiger partial charge on any atom is 0.237 e. The summed E-state index contributed by atoms with van der Waals surface area (Å²) in [6, 6.07) is 0.810. The molecule has 0 unspecified atom stereocenters. The van der Waals surface area contributed by atoms with E-state index in [0.717, 1.165) is 19.5 Å². The van der Waals surface area contributed by atoms with Gasteiger partial charge in [0.1, 0.15) is 0 Å². The molecule has 11 heavy (non-hydrogen) atoms. The fraction of sp³-hybridized carbons (Fsp3) is 0.875. The standard InChI is InChI=1S/C8H14N2O/c1-6-2-3-7-8(11)9-4-5-10(6)7/h6-7H,2-5H2,1H3,(H,9,11)/t6-,7+/m1/s1. The Labute approximate surface area is 66.8 Å². The van der Waals surface area contributed by atoms with Crippen molar-refractivity contribution in [2.75, 3.05) is 13.1 Å². The third kappa shape index (κ3) is 1.03. The Balaban J connectivity index is 2.13. The molecule has 2 saturated heterocycles. The Hall–Kier alpha value is -0.570. The summed E-state index contributed by atoms with van der Waals surface area (Å²) in [7, 11) is 0. The molecule has 0 aromatic heterocycles. The molecule has 62 valence electrons. The highest BCUT2D eigenvalue weighted by Gasteiger charge is 2.37. The van der Waals surface area contributed by atoms with Gasteiger partial charge in [0.2, 0.25) is 5.91 Å². The predicted octanol–water partition coefficient (Wildman–Crippen LogP) is -0.0309. The van der Waals surface area contributed by atoms with Gasteiger partial charge < -0.3 is 5.32 Å². The van der Waals surface area contributed by atoms with E-state index in [2.05, 4.69) is 17.1 Å². The summed E-state index contributed by atoms with van der Waals surface area (Å²) in [5, 5.41) is 2.89. The lowest BCUT2D eigenvalue weighted by Crippen LogP contribution is -2.53. The first-order chi connectivity index (χ1) is 5.29. The summed E-state index contributed by atoms with van der Waals surface area (Å²) in [6.07, 6.45) is 2.23. The second kappa shape index (κ2) is 2.48. The van der Waals surface area contributed by atoms with Crippen molar-refractivity contribution >= 4 is 5.91 Å². The van der Waals surface area contributed by atoms with Gasteiger partial charge in [-0.2, -0.15) is 0 Å². The van der Waals surface area contributed by atoms with Crippen molar-refractivity contribution in [3.8, 4) is 0 Å². The third-order valence-corrected chi connectivity index (χ3v) is 2.80. The molecule has 2 aliphatic rings. The molecule has 2 fully saturated rings. The van der Waals surface area contributed by atoms with Crippen LogP contribution < -0.4 is 5.32 Å². The zero-order valence-corrected chi connectivity index (χ0v) is 6.84. The first-order valence-electron chi connectivity index (χ1n) is 4.32. The highest BCUT2D eigenvalue weighted by molar-refractivity contribution is 5.82. The van der Waals surface area contributed by atoms with Crippen LogP contribution in [0.1, 0.15) is 19.8 Å². The minimum Gasteiger partial charge on any atom is -0.353 e. The van der Waals surface area contributed by atoms with Crippen LogP contribution in [0, 0.1) is 0 Å². The molecule has 3 nitrogen and oxygen atoms in total. The largest absolute Gasteiger partial charge is 0.353 e. The molecule has 0 spiro atoms. The molecular formula is C8H14N2O. The molecule has 0 saturated carbocycles. The first-order valence-corrected chi connectivity index (χ1v) is 4.32. The Morgan fingerprint density at radius 3 is 3.09 bits per heavy atom. The topological polar surface area (TPSA) is 32.3 Å². The summed E-state index contributed by atoms with van der Waals surface area (Å²) in [6.45, 7) is 4.08. The summed E-state index contributed by atoms with van der Waals surface area (Å²) in [4.78, 5) is 13.6. The number of nitrogens with zero attached hydrogens (tertiary/aromatic N) is 1. The molecule has 2 aliphatic heterocycles. The molecule has 0 aromatic rings. The van der Waals surface area contributed by atoms with Gasteiger partial charge in [0.25, 0.3) is 0 Å². The number of nitrogens with one attached hydrogen (secondary N) is 1. The van der Waals surface area contributed by atoms with Crippen LogP contribution in [0.4, 0.5) is 0 Å². The predicted molar refractivity (Wildman–Crippen MR) is 42.2 cm³/mol. The fourth-order valence-electron chi connectivity index (χ4n) is 2.12. The van der Waals surface area contributed by atoms with Crippen LogP contribution >= 0.6 is 0 Å². The lowest BCUT2D eigenvalue weighted by Gasteiger charge is -2.31. The number of carbonyl (C=O) groups is 1. The van der Waals surface area contributed by atoms with E-state index in [4.69, 9.17) is 0 Å². The van der Waals surface area contributed by atoms with E-state index in [-0.39, 0.29) is 11.9 Å². The van der Waals surface area contributed by atoms with Crippen molar-refractivity contribution < 1.29 is 4.79 Å². The quantitative estimate of drug-likeness (QED) is 0.531. The van der Waals surface area contributed by atoms with Gasteiger partial charge >= 0.3 is 0 Å². The van der Waals surface area contributed by atoms with E-state index in [9.17, 15) is 4.79 Å². The number of fused-ring (bicyclic) bond motifs is 1. The normalized spacial score (nSPS) is 38.5. The lowest BCUT2D eigenvalue weighted by molar-refractivity contribution is -0.128. The van der Waals surface area contributed by atoms with Gasteiger partial charge in [-0.25, -0.2) is 0 Å². The zero-order valence-electron chi connectivity index (χ0n) is 6.84. The van der Waals surface area contributed by atoms with Gasteiger partial charge in [0, 0.05) is 19.1 Å². The maximum absolute atomic E-state index is 11.3. The average Bonchev–Trinajstić information content (AvgIpc) is 2.35. The van der Waals surface area contributed by atoms with Crippen molar-refractivity contribution in [3.05, 3.63) is 0 Å². The molecule has 0 bridgehead atoms. The van der Waals surface area contributed by atoms with E-state index in [1.165, 1.54) is 6.42 Å². The lowest BCUT2D eigenvalue weighted by atomic mass is 10.2. The van der Waals surface area contributed by atoms with Crippen LogP contribution in [0.5, 0.6) is 0 Å². The molecule has 2 atom stereocenters. The minimum absolute atomic E-state index is 0.193. The molecule has 0 aliphatic carbocycles. The van der Waals surface area contributed by atoms with Gasteiger partial charge in [0.15, 0.2) is 0 Å². The van der Waals surface area contributed by atoms with Crippen LogP contribution in [0.15, 0.2) is 0 Å². The van der Waals surface area contributed by atoms with E-state index < -0.39 is 0 Å². The van der Waals surface area contributed by atoms with Crippen molar-refractivity contribution in [2.45, 2.75) is 31.8 Å². The number of carbonyl (C=O) groups excluding carboxylic acids is 1. The number of rotatable bonds is 0. The maximum atomic E-state index is 11.3. The average molecular weight is 154 g/mol. The summed E-state index contributed by atoms with van der Waals surface area (Å²) in [5.41, 5.74) is 0. The minimum atomic E-state index is 0.193. The third-order valence-electron chi connectivity index (χ3n) is 2.80. The van der Waals surface area contributed by atoms with Crippen LogP contribution in [0.3, 0.4) is 0 Å². The van der Waals surface area contributed by atoms with Gasteiger partial charge in [-0.3, -0.25) is 9.69 Å². The summed E-state index contributed by atoms with van der Waals surface area (Å²) < 4.78 is 0. The fourth-order valence-corrected chi connectivity index (χ4v) is 2.12. The molecule has 2 rings (SSSR count). The number of hydrogen-bond acceptors (Lipinski definition) is 2. The van der Waals surface area contributed by atoms with Gasteiger partial charge in [0.05, 0.1) is 6.04 Å². The SMILES string of the molecule is C[C@@H]1CC[C@H]2C(=O)NCCN12. The van der Waals surface area contributed by atoms with Crippen molar-refractivity contribution in [1.29, 1.82) is 0 Å². The van der Waals surface area contributed by atoms with E-state index in [1.54, 1.807) is 0 Å². The van der Waals surface area contributed by atoms with Crippen molar-refractivity contribution in [1.82, 2.24) is 10.2 Å². The molecule has 1 amide bonds. The van der Waals surface area contributed by atoms with Gasteiger partial charge in [-0.05, 0) is 19.8 Å². The summed E-state index contributed by atoms with van der Waals surface area (Å²) >= 11 is 0. The number of hydrogen-bond donors (Lipinski definition) is 1. The Morgan fingerprint density at radius 2 is 2.36 bits per heavy atom. The molecule has 3 heteroatoms. The van der Waals surface area contributed by atoms with E-state index in [1.807, 2.05) is 0 Å². The van der Waals surface area contributed by atoms with Gasteiger partial charge in [-0.1, -0.05) is 0 Å². The van der Waals surface area contributed by atoms with Crippen LogP contribution in [0.25, 0.3) is 0 Å². The molecule has 0 radical (unpaired) electrons. The van der Waals surface area contributed by atoms with Crippen LogP contribution in [0.2, 0.25) is 0 Å². The van der Waals surface area contributed by atoms with Crippen LogP contribution in [-0.4, -0.2) is 36.0 Å². The molecular weight excluding hydrogens is 140 g/mol. The number of amides is 1. The van der Waals surface area contributed by atoms with E-state index in [0.29, 0.717) is 6.04 Å². The highest BCUT2D eigenvalue weighted by Crippen LogP contribution is 2.24. The first kappa shape index (κ1) is 7.10. The van der Waals surface area contributed by atoms with Crippen molar-refractivity contribution in [2.24, 2.45) is 0 Å². The Bertz CT molecular complexity index is 181. The van der Waals surface area contributed by atoms with Crippen molar-refractivity contribution in [3.63, 3.8) is 0 Å². The Kier molecular flexibility index (Phi) is 1.60. The number of piperazine rings is 1. The van der Waals surface area contributed by atoms with Crippen LogP contribution in [-0.2, 0) is 4.79 Å². The summed E-state index contributed by atoms with van der Waals surface area (Å²) in [5.74, 6) is 0.237.